The van der Waals surface area contributed by atoms with Crippen LogP contribution < -0.4 is 0 Å². The van der Waals surface area contributed by atoms with E-state index in [2.05, 4.69) is 16.5 Å². The van der Waals surface area contributed by atoms with E-state index < -0.39 is 0 Å². The monoisotopic (exact) mass is 210 g/mol. The Kier molecular flexibility index (Phi) is 6.09. The molecule has 1 rings (SSSR count). The fourth-order valence-electron chi connectivity index (χ4n) is 1.79. The van der Waals surface area contributed by atoms with Crippen molar-refractivity contribution in [3.05, 3.63) is 18.7 Å². The van der Waals surface area contributed by atoms with E-state index in [1.807, 2.05) is 18.7 Å². The molecule has 0 amide bonds. The first-order valence-electron chi connectivity index (χ1n) is 5.81. The van der Waals surface area contributed by atoms with Crippen LogP contribution in [-0.2, 0) is 11.3 Å². The van der Waals surface area contributed by atoms with Gasteiger partial charge in [0.05, 0.1) is 6.33 Å². The van der Waals surface area contributed by atoms with Gasteiger partial charge < -0.3 is 9.30 Å². The maximum absolute atomic E-state index is 5.18. The molecule has 0 bridgehead atoms. The largest absolute Gasteiger partial charge is 0.384 e. The molecule has 0 spiro atoms. The molecule has 0 aliphatic carbocycles. The highest BCUT2D eigenvalue weighted by molar-refractivity contribution is 4.73. The summed E-state index contributed by atoms with van der Waals surface area (Å²) in [5, 5.41) is 0. The molecule has 3 heteroatoms. The minimum Gasteiger partial charge on any atom is -0.384 e. The number of methoxy groups -OCH3 is 1. The number of aromatic nitrogens is 2. The van der Waals surface area contributed by atoms with Gasteiger partial charge in [0.2, 0.25) is 0 Å². The summed E-state index contributed by atoms with van der Waals surface area (Å²) in [7, 11) is 1.79. The van der Waals surface area contributed by atoms with E-state index in [1.165, 1.54) is 25.7 Å². The Morgan fingerprint density at radius 2 is 2.27 bits per heavy atom. The lowest BCUT2D eigenvalue weighted by Crippen LogP contribution is -2.07. The maximum Gasteiger partial charge on any atom is 0.0945 e. The predicted molar refractivity (Wildman–Crippen MR) is 61.7 cm³/mol. The van der Waals surface area contributed by atoms with Crippen molar-refractivity contribution in [2.45, 2.75) is 39.2 Å². The molecule has 1 atom stereocenters. The zero-order valence-corrected chi connectivity index (χ0v) is 9.85. The first-order chi connectivity index (χ1) is 7.36. The van der Waals surface area contributed by atoms with Crippen molar-refractivity contribution >= 4 is 0 Å². The molecular formula is C12H22N2O. The summed E-state index contributed by atoms with van der Waals surface area (Å²) in [5.74, 6) is 0.734. The molecule has 0 fully saturated rings. The zero-order valence-electron chi connectivity index (χ0n) is 9.85. The Morgan fingerprint density at radius 1 is 1.40 bits per heavy atom. The number of hydrogen-bond donors (Lipinski definition) is 0. The molecule has 0 aromatic carbocycles. The standard InChI is InChI=1S/C12H22N2O/c1-3-12(10-15-2)6-4-5-8-14-9-7-13-11-14/h7,9,11-12H,3-6,8,10H2,1-2H3. The van der Waals surface area contributed by atoms with Gasteiger partial charge in [-0.15, -0.1) is 0 Å². The van der Waals surface area contributed by atoms with Gasteiger partial charge in [-0.25, -0.2) is 4.98 Å². The maximum atomic E-state index is 5.18. The molecule has 1 unspecified atom stereocenters. The quantitative estimate of drug-likeness (QED) is 0.617. The number of rotatable bonds is 8. The van der Waals surface area contributed by atoms with E-state index in [0.717, 1.165) is 19.1 Å². The SMILES string of the molecule is CCC(CCCCn1ccnc1)COC. The van der Waals surface area contributed by atoms with Crippen molar-refractivity contribution in [1.82, 2.24) is 9.55 Å². The molecular weight excluding hydrogens is 188 g/mol. The molecule has 3 nitrogen and oxygen atoms in total. The van der Waals surface area contributed by atoms with E-state index in [9.17, 15) is 0 Å². The second-order valence-corrected chi connectivity index (χ2v) is 4.03. The van der Waals surface area contributed by atoms with Gasteiger partial charge in [-0.1, -0.05) is 19.8 Å². The van der Waals surface area contributed by atoms with Crippen LogP contribution >= 0.6 is 0 Å². The molecule has 86 valence electrons. The van der Waals surface area contributed by atoms with Crippen molar-refractivity contribution in [1.29, 1.82) is 0 Å². The Labute approximate surface area is 92.5 Å². The second-order valence-electron chi connectivity index (χ2n) is 4.03. The molecule has 15 heavy (non-hydrogen) atoms. The summed E-state index contributed by atoms with van der Waals surface area (Å²) >= 11 is 0. The van der Waals surface area contributed by atoms with E-state index in [0.29, 0.717) is 0 Å². The molecule has 0 aliphatic heterocycles. The van der Waals surface area contributed by atoms with Crippen LogP contribution in [0.25, 0.3) is 0 Å². The summed E-state index contributed by atoms with van der Waals surface area (Å²) in [4.78, 5) is 4.02. The minimum atomic E-state index is 0.734. The molecule has 0 saturated carbocycles. The van der Waals surface area contributed by atoms with Crippen molar-refractivity contribution < 1.29 is 4.74 Å². The van der Waals surface area contributed by atoms with Crippen LogP contribution in [0.3, 0.4) is 0 Å². The van der Waals surface area contributed by atoms with Crippen LogP contribution in [0.4, 0.5) is 0 Å². The van der Waals surface area contributed by atoms with Crippen LogP contribution in [0.2, 0.25) is 0 Å². The lowest BCUT2D eigenvalue weighted by molar-refractivity contribution is 0.144. The highest BCUT2D eigenvalue weighted by atomic mass is 16.5. The van der Waals surface area contributed by atoms with Crippen molar-refractivity contribution in [3.8, 4) is 0 Å². The molecule has 1 heterocycles. The fourth-order valence-corrected chi connectivity index (χ4v) is 1.79. The molecule has 0 aliphatic rings. The number of imidazole rings is 1. The van der Waals surface area contributed by atoms with Crippen LogP contribution in [0.1, 0.15) is 32.6 Å². The normalized spacial score (nSPS) is 12.9. The number of ether oxygens (including phenoxy) is 1. The number of unbranched alkanes of at least 4 members (excludes halogenated alkanes) is 1. The Morgan fingerprint density at radius 3 is 2.87 bits per heavy atom. The summed E-state index contributed by atoms with van der Waals surface area (Å²) in [5.41, 5.74) is 0. The summed E-state index contributed by atoms with van der Waals surface area (Å²) < 4.78 is 7.32. The van der Waals surface area contributed by atoms with E-state index in [1.54, 1.807) is 7.11 Å². The van der Waals surface area contributed by atoms with Gasteiger partial charge in [-0.3, -0.25) is 0 Å². The lowest BCUT2D eigenvalue weighted by atomic mass is 10.0. The van der Waals surface area contributed by atoms with Gasteiger partial charge in [0.15, 0.2) is 0 Å². The van der Waals surface area contributed by atoms with Gasteiger partial charge >= 0.3 is 0 Å². The number of hydrogen-bond acceptors (Lipinski definition) is 2. The van der Waals surface area contributed by atoms with E-state index in [4.69, 9.17) is 4.74 Å². The van der Waals surface area contributed by atoms with Crippen molar-refractivity contribution in [3.63, 3.8) is 0 Å². The lowest BCUT2D eigenvalue weighted by Gasteiger charge is -2.13. The zero-order chi connectivity index (χ0) is 10.9. The third-order valence-electron chi connectivity index (χ3n) is 2.82. The van der Waals surface area contributed by atoms with Gasteiger partial charge in [-0.2, -0.15) is 0 Å². The average molecular weight is 210 g/mol. The van der Waals surface area contributed by atoms with Crippen LogP contribution in [-0.4, -0.2) is 23.3 Å². The third kappa shape index (κ3) is 4.98. The summed E-state index contributed by atoms with van der Waals surface area (Å²) in [6.07, 6.45) is 10.7. The number of nitrogens with zero attached hydrogens (tertiary/aromatic N) is 2. The average Bonchev–Trinajstić information content (AvgIpc) is 2.75. The van der Waals surface area contributed by atoms with Crippen LogP contribution in [0.5, 0.6) is 0 Å². The second kappa shape index (κ2) is 7.46. The van der Waals surface area contributed by atoms with Crippen LogP contribution in [0.15, 0.2) is 18.7 Å². The summed E-state index contributed by atoms with van der Waals surface area (Å²) in [6.45, 7) is 4.23. The topological polar surface area (TPSA) is 27.1 Å². The smallest absolute Gasteiger partial charge is 0.0945 e. The van der Waals surface area contributed by atoms with Gasteiger partial charge in [0.25, 0.3) is 0 Å². The Bertz CT molecular complexity index is 234. The Balaban J connectivity index is 2.05. The molecule has 0 radical (unpaired) electrons. The van der Waals surface area contributed by atoms with Crippen LogP contribution in [0, 0.1) is 5.92 Å². The van der Waals surface area contributed by atoms with Crippen molar-refractivity contribution in [2.75, 3.05) is 13.7 Å². The van der Waals surface area contributed by atoms with Gasteiger partial charge in [-0.05, 0) is 18.8 Å². The fraction of sp³-hybridized carbons (Fsp3) is 0.750. The Hall–Kier alpha value is -0.830. The van der Waals surface area contributed by atoms with Gasteiger partial charge in [0.1, 0.15) is 0 Å². The highest BCUT2D eigenvalue weighted by Gasteiger charge is 2.04. The molecule has 0 saturated heterocycles. The molecule has 1 aromatic heterocycles. The molecule has 1 aromatic rings. The van der Waals surface area contributed by atoms with E-state index in [-0.39, 0.29) is 0 Å². The van der Waals surface area contributed by atoms with Gasteiger partial charge in [0, 0.05) is 32.7 Å². The molecule has 0 N–H and O–H groups in total. The van der Waals surface area contributed by atoms with Crippen molar-refractivity contribution in [2.24, 2.45) is 5.92 Å². The third-order valence-corrected chi connectivity index (χ3v) is 2.82. The highest BCUT2D eigenvalue weighted by Crippen LogP contribution is 2.13. The first kappa shape index (κ1) is 12.2. The first-order valence-corrected chi connectivity index (χ1v) is 5.81. The summed E-state index contributed by atoms with van der Waals surface area (Å²) in [6, 6.07) is 0. The van der Waals surface area contributed by atoms with E-state index >= 15 is 0 Å². The minimum absolute atomic E-state index is 0.734. The number of aryl methyl sites for hydroxylation is 1. The predicted octanol–water partition coefficient (Wildman–Crippen LogP) is 2.73.